The number of phenolic OH excluding ortho intramolecular Hbond substituents is 1. The van der Waals surface area contributed by atoms with Crippen molar-refractivity contribution in [3.05, 3.63) is 54.6 Å². The number of aromatic nitrogens is 2. The number of piperazine rings is 2. The van der Waals surface area contributed by atoms with Crippen LogP contribution in [0, 0.1) is 0 Å². The van der Waals surface area contributed by atoms with Gasteiger partial charge in [-0.3, -0.25) is 4.90 Å². The van der Waals surface area contributed by atoms with Gasteiger partial charge in [0.1, 0.15) is 23.7 Å². The molecule has 1 amide bonds. The predicted octanol–water partition coefficient (Wildman–Crippen LogP) is 4.22. The third-order valence-corrected chi connectivity index (χ3v) is 8.63. The van der Waals surface area contributed by atoms with Crippen molar-refractivity contribution in [2.24, 2.45) is 0 Å². The quantitative estimate of drug-likeness (QED) is 0.407. The summed E-state index contributed by atoms with van der Waals surface area (Å²) in [6.45, 7) is 12.5. The van der Waals surface area contributed by atoms with Gasteiger partial charge in [-0.05, 0) is 63.9 Å². The molecule has 11 nitrogen and oxygen atoms in total. The average molecular weight is 602 g/mol. The maximum absolute atomic E-state index is 12.4. The number of nitrogens with zero attached hydrogens (tertiary/aromatic N) is 6. The van der Waals surface area contributed by atoms with E-state index in [9.17, 15) is 9.90 Å². The van der Waals surface area contributed by atoms with Crippen LogP contribution in [0.4, 0.5) is 22.0 Å². The number of benzene rings is 2. The number of hydrogen-bond acceptors (Lipinski definition) is 10. The number of para-hydroxylation sites is 1. The summed E-state index contributed by atoms with van der Waals surface area (Å²) >= 11 is 0. The van der Waals surface area contributed by atoms with Gasteiger partial charge < -0.3 is 35.0 Å². The Bertz CT molecular complexity index is 1480. The monoisotopic (exact) mass is 601 g/mol. The van der Waals surface area contributed by atoms with Crippen molar-refractivity contribution >= 4 is 23.3 Å². The molecule has 1 aliphatic carbocycles. The van der Waals surface area contributed by atoms with Crippen molar-refractivity contribution in [3.63, 3.8) is 0 Å². The molecule has 2 aliphatic heterocycles. The Morgan fingerprint density at radius 1 is 0.977 bits per heavy atom. The molecule has 0 bridgehead atoms. The van der Waals surface area contributed by atoms with E-state index in [1.54, 1.807) is 17.0 Å². The van der Waals surface area contributed by atoms with Crippen LogP contribution >= 0.6 is 0 Å². The predicted molar refractivity (Wildman–Crippen MR) is 171 cm³/mol. The first-order valence-corrected chi connectivity index (χ1v) is 15.5. The molecule has 3 N–H and O–H groups in total. The molecule has 0 unspecified atom stereocenters. The van der Waals surface area contributed by atoms with Crippen LogP contribution in [-0.4, -0.2) is 101 Å². The van der Waals surface area contributed by atoms with Crippen molar-refractivity contribution in [2.45, 2.75) is 44.8 Å². The lowest BCUT2D eigenvalue weighted by molar-refractivity contribution is 0.0137. The van der Waals surface area contributed by atoms with E-state index >= 15 is 0 Å². The lowest BCUT2D eigenvalue weighted by Crippen LogP contribution is -2.55. The summed E-state index contributed by atoms with van der Waals surface area (Å²) in [5, 5.41) is 18.8. The number of ether oxygens (including phenoxy) is 2. The molecule has 2 saturated heterocycles. The standard InChI is InChI=1S/C33H43N7O4/c1-32(2,3)44-31(42)38-15-13-37(14-16-38)19-20-43-25-8-6-7-24(21-25)40-18-17-39(23-33(40)11-12-33)28-22-27(35-36-30(28)34)26-9-4-5-10-29(26)41/h4-10,21-22,41H,11-20,23H2,1-3H3,(H2,34,36). The molecule has 0 radical (unpaired) electrons. The van der Waals surface area contributed by atoms with Crippen LogP contribution in [0.1, 0.15) is 33.6 Å². The second-order valence-corrected chi connectivity index (χ2v) is 13.0. The van der Waals surface area contributed by atoms with Gasteiger partial charge in [-0.1, -0.05) is 18.2 Å². The van der Waals surface area contributed by atoms with Crippen LogP contribution in [0.5, 0.6) is 11.5 Å². The van der Waals surface area contributed by atoms with Crippen molar-refractivity contribution < 1.29 is 19.4 Å². The molecule has 1 saturated carbocycles. The number of rotatable bonds is 7. The van der Waals surface area contributed by atoms with E-state index < -0.39 is 5.60 Å². The number of amides is 1. The minimum atomic E-state index is -0.480. The van der Waals surface area contributed by atoms with Crippen LogP contribution in [0.2, 0.25) is 0 Å². The zero-order chi connectivity index (χ0) is 30.9. The van der Waals surface area contributed by atoms with E-state index in [-0.39, 0.29) is 17.4 Å². The Morgan fingerprint density at radius 3 is 2.48 bits per heavy atom. The van der Waals surface area contributed by atoms with Crippen LogP contribution in [0.25, 0.3) is 11.3 Å². The highest BCUT2D eigenvalue weighted by molar-refractivity contribution is 5.74. The van der Waals surface area contributed by atoms with Gasteiger partial charge in [0.2, 0.25) is 0 Å². The number of anilines is 3. The van der Waals surface area contributed by atoms with Gasteiger partial charge in [0.05, 0.1) is 16.9 Å². The second-order valence-electron chi connectivity index (χ2n) is 13.0. The average Bonchev–Trinajstić information content (AvgIpc) is 3.76. The first-order valence-electron chi connectivity index (χ1n) is 15.5. The van der Waals surface area contributed by atoms with Crippen molar-refractivity contribution in [1.82, 2.24) is 20.0 Å². The Hall–Kier alpha value is -4.25. The number of phenols is 1. The molecule has 3 aromatic rings. The van der Waals surface area contributed by atoms with Crippen LogP contribution in [0.3, 0.4) is 0 Å². The summed E-state index contributed by atoms with van der Waals surface area (Å²) < 4.78 is 11.7. The van der Waals surface area contributed by atoms with E-state index in [0.29, 0.717) is 36.8 Å². The van der Waals surface area contributed by atoms with Gasteiger partial charge in [0, 0.05) is 69.7 Å². The fourth-order valence-corrected chi connectivity index (χ4v) is 6.14. The number of hydrogen-bond donors (Lipinski definition) is 2. The van der Waals surface area contributed by atoms with E-state index in [0.717, 1.165) is 63.5 Å². The number of carbonyl (C=O) groups is 1. The topological polar surface area (TPSA) is 121 Å². The first kappa shape index (κ1) is 29.8. The SMILES string of the molecule is CC(C)(C)OC(=O)N1CCN(CCOc2cccc(N3CCN(c4cc(-c5ccccc5O)nnc4N)CC34CC4)c2)CC1. The van der Waals surface area contributed by atoms with E-state index in [2.05, 4.69) is 43.1 Å². The minimum Gasteiger partial charge on any atom is -0.507 e. The first-order chi connectivity index (χ1) is 21.1. The smallest absolute Gasteiger partial charge is 0.410 e. The largest absolute Gasteiger partial charge is 0.507 e. The summed E-state index contributed by atoms with van der Waals surface area (Å²) in [6.07, 6.45) is 1.97. The second kappa shape index (κ2) is 12.0. The molecule has 2 aromatic carbocycles. The number of carbonyl (C=O) groups excluding carboxylic acids is 1. The molecule has 6 rings (SSSR count). The molecule has 3 fully saturated rings. The molecule has 3 heterocycles. The highest BCUT2D eigenvalue weighted by atomic mass is 16.6. The Balaban J connectivity index is 1.04. The van der Waals surface area contributed by atoms with E-state index in [1.165, 1.54) is 5.69 Å². The summed E-state index contributed by atoms with van der Waals surface area (Å²) in [4.78, 5) is 21.3. The van der Waals surface area contributed by atoms with Gasteiger partial charge in [-0.15, -0.1) is 10.2 Å². The number of aromatic hydroxyl groups is 1. The molecule has 44 heavy (non-hydrogen) atoms. The Morgan fingerprint density at radius 2 is 1.75 bits per heavy atom. The van der Waals surface area contributed by atoms with Crippen LogP contribution in [-0.2, 0) is 4.74 Å². The molecule has 1 aromatic heterocycles. The van der Waals surface area contributed by atoms with Gasteiger partial charge in [-0.25, -0.2) is 4.79 Å². The van der Waals surface area contributed by atoms with Crippen molar-refractivity contribution in [1.29, 1.82) is 0 Å². The normalized spacial score (nSPS) is 18.4. The van der Waals surface area contributed by atoms with Crippen molar-refractivity contribution in [3.8, 4) is 22.8 Å². The Kier molecular flexibility index (Phi) is 8.15. The molecule has 0 atom stereocenters. The summed E-state index contributed by atoms with van der Waals surface area (Å²) in [6, 6.07) is 17.5. The fourth-order valence-electron chi connectivity index (χ4n) is 6.14. The summed E-state index contributed by atoms with van der Waals surface area (Å²) in [5.74, 6) is 1.43. The highest BCUT2D eigenvalue weighted by Gasteiger charge is 2.51. The van der Waals surface area contributed by atoms with Crippen LogP contribution in [0.15, 0.2) is 54.6 Å². The minimum absolute atomic E-state index is 0.0371. The van der Waals surface area contributed by atoms with Gasteiger partial charge in [0.25, 0.3) is 0 Å². The third-order valence-electron chi connectivity index (χ3n) is 8.63. The molecule has 1 spiro atoms. The number of nitrogen functional groups attached to an aromatic ring is 1. The lowest BCUT2D eigenvalue weighted by atomic mass is 10.1. The fraction of sp³-hybridized carbons (Fsp3) is 0.485. The van der Waals surface area contributed by atoms with Gasteiger partial charge >= 0.3 is 6.09 Å². The summed E-state index contributed by atoms with van der Waals surface area (Å²) in [5.41, 5.74) is 9.14. The molecular weight excluding hydrogens is 558 g/mol. The zero-order valence-corrected chi connectivity index (χ0v) is 25.9. The van der Waals surface area contributed by atoms with Gasteiger partial charge in [0.15, 0.2) is 5.82 Å². The zero-order valence-electron chi connectivity index (χ0n) is 25.9. The number of nitrogens with two attached hydrogens (primary N) is 1. The third kappa shape index (κ3) is 6.62. The van der Waals surface area contributed by atoms with Crippen molar-refractivity contribution in [2.75, 3.05) is 74.5 Å². The summed E-state index contributed by atoms with van der Waals surface area (Å²) in [7, 11) is 0. The molecule has 3 aliphatic rings. The maximum Gasteiger partial charge on any atom is 0.410 e. The van der Waals surface area contributed by atoms with E-state index in [4.69, 9.17) is 15.2 Å². The Labute approximate surface area is 259 Å². The van der Waals surface area contributed by atoms with Gasteiger partial charge in [-0.2, -0.15) is 0 Å². The maximum atomic E-state index is 12.4. The van der Waals surface area contributed by atoms with Crippen LogP contribution < -0.4 is 20.3 Å². The highest BCUT2D eigenvalue weighted by Crippen LogP contribution is 2.48. The molecule has 11 heteroatoms. The lowest BCUT2D eigenvalue weighted by Gasteiger charge is -2.44. The van der Waals surface area contributed by atoms with E-state index in [1.807, 2.05) is 45.0 Å². The molecular formula is C33H43N7O4. The molecule has 234 valence electrons.